The zero-order valence-corrected chi connectivity index (χ0v) is 12.0. The van der Waals surface area contributed by atoms with E-state index in [9.17, 15) is 9.18 Å². The highest BCUT2D eigenvalue weighted by Crippen LogP contribution is 2.20. The number of amides is 1. The first-order valence-corrected chi connectivity index (χ1v) is 6.77. The van der Waals surface area contributed by atoms with Crippen LogP contribution in [0.1, 0.15) is 24.2 Å². The number of nitrogens with zero attached hydrogens (tertiary/aromatic N) is 1. The van der Waals surface area contributed by atoms with Gasteiger partial charge in [-0.1, -0.05) is 6.07 Å². The van der Waals surface area contributed by atoms with E-state index in [1.54, 1.807) is 17.0 Å². The van der Waals surface area contributed by atoms with Crippen LogP contribution in [0.15, 0.2) is 22.7 Å². The molecule has 18 heavy (non-hydrogen) atoms. The average molecular weight is 315 g/mol. The van der Waals surface area contributed by atoms with E-state index in [0.717, 1.165) is 0 Å². The molecule has 3 nitrogen and oxygen atoms in total. The zero-order valence-electron chi connectivity index (χ0n) is 10.4. The summed E-state index contributed by atoms with van der Waals surface area (Å²) >= 11 is 3.10. The van der Waals surface area contributed by atoms with E-state index < -0.39 is 5.82 Å². The summed E-state index contributed by atoms with van der Waals surface area (Å²) in [5, 5.41) is 3.34. The van der Waals surface area contributed by atoms with Gasteiger partial charge in [0.2, 0.25) is 0 Å². The highest BCUT2D eigenvalue weighted by atomic mass is 79.9. The van der Waals surface area contributed by atoms with Gasteiger partial charge in [-0.2, -0.15) is 0 Å². The molecule has 1 aromatic rings. The highest BCUT2D eigenvalue weighted by Gasteiger charge is 2.27. The summed E-state index contributed by atoms with van der Waals surface area (Å²) < 4.78 is 14.2. The van der Waals surface area contributed by atoms with Gasteiger partial charge in [-0.25, -0.2) is 4.39 Å². The van der Waals surface area contributed by atoms with Gasteiger partial charge in [0.25, 0.3) is 5.91 Å². The predicted octanol–water partition coefficient (Wildman–Crippen LogP) is 2.41. The Bertz CT molecular complexity index is 456. The van der Waals surface area contributed by atoms with E-state index in [2.05, 4.69) is 21.2 Å². The second kappa shape index (κ2) is 5.36. The first-order valence-electron chi connectivity index (χ1n) is 5.98. The Balaban J connectivity index is 2.23. The van der Waals surface area contributed by atoms with Gasteiger partial charge in [0.1, 0.15) is 5.82 Å². The SMILES string of the molecule is CC1CN(C(=O)c2cccc(Br)c2F)CC(C)N1. The van der Waals surface area contributed by atoms with Crippen LogP contribution in [0.2, 0.25) is 0 Å². The minimum atomic E-state index is -0.485. The smallest absolute Gasteiger partial charge is 0.256 e. The van der Waals surface area contributed by atoms with Gasteiger partial charge in [-0.3, -0.25) is 4.79 Å². The molecule has 0 aromatic heterocycles. The molecule has 1 aliphatic rings. The lowest BCUT2D eigenvalue weighted by molar-refractivity contribution is 0.0669. The molecule has 0 aliphatic carbocycles. The number of nitrogens with one attached hydrogen (secondary N) is 1. The average Bonchev–Trinajstić information content (AvgIpc) is 2.30. The number of benzene rings is 1. The van der Waals surface area contributed by atoms with Crippen molar-refractivity contribution in [3.63, 3.8) is 0 Å². The van der Waals surface area contributed by atoms with Crippen molar-refractivity contribution in [2.45, 2.75) is 25.9 Å². The Morgan fingerprint density at radius 3 is 2.61 bits per heavy atom. The monoisotopic (exact) mass is 314 g/mol. The summed E-state index contributed by atoms with van der Waals surface area (Å²) in [5.41, 5.74) is 0.130. The maximum Gasteiger partial charge on any atom is 0.256 e. The van der Waals surface area contributed by atoms with E-state index in [4.69, 9.17) is 0 Å². The van der Waals surface area contributed by atoms with Gasteiger partial charge >= 0.3 is 0 Å². The third-order valence-corrected chi connectivity index (χ3v) is 3.64. The minimum Gasteiger partial charge on any atom is -0.335 e. The largest absolute Gasteiger partial charge is 0.335 e. The maximum absolute atomic E-state index is 13.9. The molecule has 1 aliphatic heterocycles. The summed E-state index contributed by atoms with van der Waals surface area (Å²) in [5.74, 6) is -0.727. The van der Waals surface area contributed by atoms with E-state index in [1.165, 1.54) is 6.07 Å². The number of carbonyl (C=O) groups excluding carboxylic acids is 1. The van der Waals surface area contributed by atoms with E-state index in [-0.39, 0.29) is 23.6 Å². The van der Waals surface area contributed by atoms with Crippen LogP contribution < -0.4 is 5.32 Å². The Morgan fingerprint density at radius 2 is 2.00 bits per heavy atom. The Kier molecular flexibility index (Phi) is 4.02. The van der Waals surface area contributed by atoms with Crippen molar-refractivity contribution in [1.82, 2.24) is 10.2 Å². The molecule has 1 heterocycles. The van der Waals surface area contributed by atoms with Crippen molar-refractivity contribution >= 4 is 21.8 Å². The molecule has 1 amide bonds. The molecule has 0 saturated carbocycles. The fraction of sp³-hybridized carbons (Fsp3) is 0.462. The highest BCUT2D eigenvalue weighted by molar-refractivity contribution is 9.10. The Morgan fingerprint density at radius 1 is 1.39 bits per heavy atom. The first-order chi connectivity index (χ1) is 8.49. The minimum absolute atomic E-state index is 0.130. The normalized spacial score (nSPS) is 24.1. The Hall–Kier alpha value is -0.940. The Labute approximate surface area is 114 Å². The molecule has 1 saturated heterocycles. The van der Waals surface area contributed by atoms with Crippen molar-refractivity contribution in [2.75, 3.05) is 13.1 Å². The number of halogens is 2. The van der Waals surface area contributed by atoms with E-state index in [1.807, 2.05) is 13.8 Å². The molecule has 0 radical (unpaired) electrons. The second-order valence-electron chi connectivity index (χ2n) is 4.78. The van der Waals surface area contributed by atoms with Gasteiger partial charge in [0.05, 0.1) is 10.0 Å². The maximum atomic E-state index is 13.9. The molecule has 2 unspecified atom stereocenters. The van der Waals surface area contributed by atoms with Crippen molar-refractivity contribution < 1.29 is 9.18 Å². The first kappa shape index (κ1) is 13.5. The molecule has 1 N–H and O–H groups in total. The van der Waals surface area contributed by atoms with Gasteiger partial charge in [0, 0.05) is 25.2 Å². The number of piperazine rings is 1. The number of carbonyl (C=O) groups is 1. The molecule has 2 rings (SSSR count). The number of hydrogen-bond donors (Lipinski definition) is 1. The summed E-state index contributed by atoms with van der Waals surface area (Å²) in [7, 11) is 0. The van der Waals surface area contributed by atoms with Crippen molar-refractivity contribution in [3.8, 4) is 0 Å². The number of hydrogen-bond acceptors (Lipinski definition) is 2. The standard InChI is InChI=1S/C13H16BrFN2O/c1-8-6-17(7-9(2)16-8)13(18)10-4-3-5-11(14)12(10)15/h3-5,8-9,16H,6-7H2,1-2H3. The lowest BCUT2D eigenvalue weighted by atomic mass is 10.1. The van der Waals surface area contributed by atoms with Gasteiger partial charge in [-0.05, 0) is 41.9 Å². The molecule has 2 atom stereocenters. The third kappa shape index (κ3) is 2.72. The zero-order chi connectivity index (χ0) is 13.3. The van der Waals surface area contributed by atoms with Crippen LogP contribution in [0.4, 0.5) is 4.39 Å². The molecule has 98 valence electrons. The molecule has 1 fully saturated rings. The van der Waals surface area contributed by atoms with Crippen LogP contribution in [0.25, 0.3) is 0 Å². The molecule has 1 aromatic carbocycles. The number of rotatable bonds is 1. The van der Waals surface area contributed by atoms with Crippen molar-refractivity contribution in [3.05, 3.63) is 34.1 Å². The fourth-order valence-corrected chi connectivity index (χ4v) is 2.70. The van der Waals surface area contributed by atoms with Crippen molar-refractivity contribution in [2.24, 2.45) is 0 Å². The van der Waals surface area contributed by atoms with E-state index in [0.29, 0.717) is 17.6 Å². The van der Waals surface area contributed by atoms with Gasteiger partial charge < -0.3 is 10.2 Å². The predicted molar refractivity (Wildman–Crippen MR) is 72.1 cm³/mol. The van der Waals surface area contributed by atoms with Crippen LogP contribution >= 0.6 is 15.9 Å². The molecular weight excluding hydrogens is 299 g/mol. The topological polar surface area (TPSA) is 32.3 Å². The van der Waals surface area contributed by atoms with Crippen LogP contribution in [0.5, 0.6) is 0 Å². The van der Waals surface area contributed by atoms with Crippen LogP contribution in [0.3, 0.4) is 0 Å². The lowest BCUT2D eigenvalue weighted by Crippen LogP contribution is -2.55. The summed E-state index contributed by atoms with van der Waals surface area (Å²) in [4.78, 5) is 14.0. The van der Waals surface area contributed by atoms with Crippen molar-refractivity contribution in [1.29, 1.82) is 0 Å². The van der Waals surface area contributed by atoms with Gasteiger partial charge in [0.15, 0.2) is 0 Å². The summed E-state index contributed by atoms with van der Waals surface area (Å²) in [6.07, 6.45) is 0. The molecular formula is C13H16BrFN2O. The van der Waals surface area contributed by atoms with Gasteiger partial charge in [-0.15, -0.1) is 0 Å². The molecule has 0 bridgehead atoms. The fourth-order valence-electron chi connectivity index (χ4n) is 2.33. The molecule has 5 heteroatoms. The summed E-state index contributed by atoms with van der Waals surface area (Å²) in [6.45, 7) is 5.25. The second-order valence-corrected chi connectivity index (χ2v) is 5.63. The third-order valence-electron chi connectivity index (χ3n) is 3.03. The summed E-state index contributed by atoms with van der Waals surface area (Å²) in [6, 6.07) is 5.26. The van der Waals surface area contributed by atoms with E-state index >= 15 is 0 Å². The van der Waals surface area contributed by atoms with Crippen LogP contribution in [-0.4, -0.2) is 36.0 Å². The molecule has 0 spiro atoms. The van der Waals surface area contributed by atoms with Crippen LogP contribution in [0, 0.1) is 5.82 Å². The quantitative estimate of drug-likeness (QED) is 0.863. The van der Waals surface area contributed by atoms with Crippen LogP contribution in [-0.2, 0) is 0 Å². The lowest BCUT2D eigenvalue weighted by Gasteiger charge is -2.36.